The summed E-state index contributed by atoms with van der Waals surface area (Å²) in [7, 11) is 0. The largest absolute Gasteiger partial charge is 0.352 e. The summed E-state index contributed by atoms with van der Waals surface area (Å²) in [6, 6.07) is 0.558. The van der Waals surface area contributed by atoms with Crippen molar-refractivity contribution in [2.75, 3.05) is 18.0 Å². The molecule has 1 saturated carbocycles. The minimum absolute atomic E-state index is 0.558. The maximum atomic E-state index is 5.66. The minimum atomic E-state index is 0.558. The number of aromatic nitrogens is 5. The second-order valence-electron chi connectivity index (χ2n) is 4.99. The zero-order valence-corrected chi connectivity index (χ0v) is 10.9. The number of fused-ring (bicyclic) bond motifs is 1. The molecule has 102 valence electrons. The molecule has 0 unspecified atom stereocenters. The van der Waals surface area contributed by atoms with Crippen LogP contribution in [-0.2, 0) is 0 Å². The Balaban J connectivity index is 1.95. The first kappa shape index (κ1) is 12.3. The Hall–Kier alpha value is -1.76. The third-order valence-electron chi connectivity index (χ3n) is 3.75. The summed E-state index contributed by atoms with van der Waals surface area (Å²) in [6.45, 7) is 1.63. The van der Waals surface area contributed by atoms with E-state index in [4.69, 9.17) is 5.73 Å². The summed E-state index contributed by atoms with van der Waals surface area (Å²) in [5.41, 5.74) is 6.34. The first-order valence-corrected chi connectivity index (χ1v) is 6.89. The van der Waals surface area contributed by atoms with Crippen molar-refractivity contribution < 1.29 is 0 Å². The molecule has 1 aliphatic rings. The van der Waals surface area contributed by atoms with Crippen molar-refractivity contribution >= 4 is 11.5 Å². The van der Waals surface area contributed by atoms with Crippen molar-refractivity contribution in [2.45, 2.75) is 38.1 Å². The van der Waals surface area contributed by atoms with E-state index in [0.29, 0.717) is 18.2 Å². The highest BCUT2D eigenvalue weighted by atomic mass is 15.5. The van der Waals surface area contributed by atoms with Crippen LogP contribution in [0, 0.1) is 0 Å². The lowest BCUT2D eigenvalue weighted by Crippen LogP contribution is -2.36. The van der Waals surface area contributed by atoms with E-state index in [-0.39, 0.29) is 0 Å². The fourth-order valence-electron chi connectivity index (χ4n) is 2.82. The average Bonchev–Trinajstić information content (AvgIpc) is 3.10. The molecule has 2 aromatic heterocycles. The molecular formula is C12H19N7. The summed E-state index contributed by atoms with van der Waals surface area (Å²) >= 11 is 0. The molecule has 7 nitrogen and oxygen atoms in total. The van der Waals surface area contributed by atoms with Crippen LogP contribution in [-0.4, -0.2) is 44.2 Å². The van der Waals surface area contributed by atoms with E-state index in [2.05, 4.69) is 25.4 Å². The molecule has 7 heteroatoms. The molecule has 0 radical (unpaired) electrons. The van der Waals surface area contributed by atoms with Crippen LogP contribution in [0.1, 0.15) is 32.1 Å². The van der Waals surface area contributed by atoms with Crippen LogP contribution in [0.2, 0.25) is 0 Å². The molecule has 0 spiro atoms. The Morgan fingerprint density at radius 1 is 1.32 bits per heavy atom. The normalized spacial score (nSPS) is 16.3. The number of anilines is 1. The summed E-state index contributed by atoms with van der Waals surface area (Å²) in [6.07, 6.45) is 9.53. The van der Waals surface area contributed by atoms with Crippen molar-refractivity contribution in [3.05, 3.63) is 12.4 Å². The standard InChI is InChI=1S/C12H19N7/c13-6-3-7-18(10-4-1-2-5-10)12-9-14-8-11-15-16-17-19(11)12/h8-10H,1-7,13H2. The van der Waals surface area contributed by atoms with E-state index in [1.807, 2.05) is 6.20 Å². The molecule has 2 heterocycles. The van der Waals surface area contributed by atoms with Crippen LogP contribution >= 0.6 is 0 Å². The Morgan fingerprint density at radius 2 is 2.16 bits per heavy atom. The van der Waals surface area contributed by atoms with Gasteiger partial charge in [0.25, 0.3) is 0 Å². The lowest BCUT2D eigenvalue weighted by atomic mass is 10.2. The maximum Gasteiger partial charge on any atom is 0.199 e. The molecule has 0 amide bonds. The number of rotatable bonds is 5. The van der Waals surface area contributed by atoms with E-state index in [1.165, 1.54) is 25.7 Å². The quantitative estimate of drug-likeness (QED) is 0.849. The molecule has 2 N–H and O–H groups in total. The minimum Gasteiger partial charge on any atom is -0.352 e. The van der Waals surface area contributed by atoms with Crippen LogP contribution in [0.5, 0.6) is 0 Å². The predicted octanol–water partition coefficient (Wildman–Crippen LogP) is 0.617. The fourth-order valence-corrected chi connectivity index (χ4v) is 2.82. The fraction of sp³-hybridized carbons (Fsp3) is 0.667. The summed E-state index contributed by atoms with van der Waals surface area (Å²) in [4.78, 5) is 6.62. The topological polar surface area (TPSA) is 85.2 Å². The van der Waals surface area contributed by atoms with Gasteiger partial charge in [0.15, 0.2) is 11.5 Å². The Kier molecular flexibility index (Phi) is 3.54. The number of tetrazole rings is 1. The van der Waals surface area contributed by atoms with Gasteiger partial charge in [-0.2, -0.15) is 4.52 Å². The first-order chi connectivity index (χ1) is 9.40. The summed E-state index contributed by atoms with van der Waals surface area (Å²) in [5, 5.41) is 11.7. The predicted molar refractivity (Wildman–Crippen MR) is 71.9 cm³/mol. The van der Waals surface area contributed by atoms with E-state index in [1.54, 1.807) is 10.7 Å². The van der Waals surface area contributed by atoms with Crippen molar-refractivity contribution in [3.8, 4) is 0 Å². The Labute approximate surface area is 111 Å². The van der Waals surface area contributed by atoms with Crippen molar-refractivity contribution in [2.24, 2.45) is 5.73 Å². The van der Waals surface area contributed by atoms with Crippen LogP contribution in [0.15, 0.2) is 12.4 Å². The zero-order valence-electron chi connectivity index (χ0n) is 10.9. The summed E-state index contributed by atoms with van der Waals surface area (Å²) < 4.78 is 1.77. The van der Waals surface area contributed by atoms with Crippen LogP contribution < -0.4 is 10.6 Å². The van der Waals surface area contributed by atoms with E-state index < -0.39 is 0 Å². The maximum absolute atomic E-state index is 5.66. The summed E-state index contributed by atoms with van der Waals surface area (Å²) in [5.74, 6) is 0.975. The monoisotopic (exact) mass is 261 g/mol. The van der Waals surface area contributed by atoms with Gasteiger partial charge in [0.05, 0.1) is 12.4 Å². The van der Waals surface area contributed by atoms with Crippen molar-refractivity contribution in [3.63, 3.8) is 0 Å². The molecule has 1 aliphatic carbocycles. The van der Waals surface area contributed by atoms with Gasteiger partial charge in [0.1, 0.15) is 0 Å². The van der Waals surface area contributed by atoms with Crippen LogP contribution in [0.25, 0.3) is 5.65 Å². The van der Waals surface area contributed by atoms with Gasteiger partial charge in [0.2, 0.25) is 0 Å². The average molecular weight is 261 g/mol. The van der Waals surface area contributed by atoms with Gasteiger partial charge in [0, 0.05) is 12.6 Å². The molecule has 0 bridgehead atoms. The number of hydrogen-bond donors (Lipinski definition) is 1. The smallest absolute Gasteiger partial charge is 0.199 e. The zero-order chi connectivity index (χ0) is 13.1. The molecule has 19 heavy (non-hydrogen) atoms. The first-order valence-electron chi connectivity index (χ1n) is 6.89. The van der Waals surface area contributed by atoms with Gasteiger partial charge < -0.3 is 10.6 Å². The number of hydrogen-bond acceptors (Lipinski definition) is 6. The van der Waals surface area contributed by atoms with Gasteiger partial charge in [-0.1, -0.05) is 12.8 Å². The second kappa shape index (κ2) is 5.48. The van der Waals surface area contributed by atoms with Crippen LogP contribution in [0.3, 0.4) is 0 Å². The molecule has 0 aliphatic heterocycles. The third-order valence-corrected chi connectivity index (χ3v) is 3.75. The lowest BCUT2D eigenvalue weighted by Gasteiger charge is -2.30. The molecule has 0 aromatic carbocycles. The molecule has 0 saturated heterocycles. The molecule has 2 aromatic rings. The van der Waals surface area contributed by atoms with Gasteiger partial charge >= 0.3 is 0 Å². The van der Waals surface area contributed by atoms with Crippen LogP contribution in [0.4, 0.5) is 5.82 Å². The molecule has 3 rings (SSSR count). The highest BCUT2D eigenvalue weighted by Crippen LogP contribution is 2.27. The van der Waals surface area contributed by atoms with E-state index in [0.717, 1.165) is 18.8 Å². The molecule has 0 atom stereocenters. The molecular weight excluding hydrogens is 242 g/mol. The lowest BCUT2D eigenvalue weighted by molar-refractivity contribution is 0.577. The van der Waals surface area contributed by atoms with Gasteiger partial charge in [-0.25, -0.2) is 0 Å². The van der Waals surface area contributed by atoms with E-state index >= 15 is 0 Å². The van der Waals surface area contributed by atoms with Crippen molar-refractivity contribution in [1.82, 2.24) is 25.0 Å². The second-order valence-corrected chi connectivity index (χ2v) is 4.99. The van der Waals surface area contributed by atoms with Gasteiger partial charge in [-0.15, -0.1) is 5.10 Å². The van der Waals surface area contributed by atoms with Gasteiger partial charge in [-0.3, -0.25) is 4.98 Å². The van der Waals surface area contributed by atoms with Gasteiger partial charge in [-0.05, 0) is 36.2 Å². The number of nitrogens with zero attached hydrogens (tertiary/aromatic N) is 6. The Bertz CT molecular complexity index is 532. The highest BCUT2D eigenvalue weighted by Gasteiger charge is 2.24. The SMILES string of the molecule is NCCCN(c1cncc2nnnn12)C1CCCC1. The molecule has 1 fully saturated rings. The number of nitrogens with two attached hydrogens (primary N) is 1. The van der Waals surface area contributed by atoms with E-state index in [9.17, 15) is 0 Å². The van der Waals surface area contributed by atoms with Crippen molar-refractivity contribution in [1.29, 1.82) is 0 Å². The Morgan fingerprint density at radius 3 is 2.95 bits per heavy atom. The third kappa shape index (κ3) is 2.37. The highest BCUT2D eigenvalue weighted by molar-refractivity contribution is 5.46.